The molecule has 0 aliphatic rings. The van der Waals surface area contributed by atoms with Crippen molar-refractivity contribution in [2.24, 2.45) is 0 Å². The Morgan fingerprint density at radius 3 is 2.43 bits per heavy atom. The molecule has 0 spiro atoms. The van der Waals surface area contributed by atoms with Crippen LogP contribution in [0.25, 0.3) is 6.08 Å². The van der Waals surface area contributed by atoms with Crippen LogP contribution in [0, 0.1) is 6.92 Å². The van der Waals surface area contributed by atoms with Gasteiger partial charge in [0.25, 0.3) is 0 Å². The summed E-state index contributed by atoms with van der Waals surface area (Å²) < 4.78 is 36.1. The molecule has 3 aromatic rings. The average Bonchev–Trinajstić information content (AvgIpc) is 3.16. The Hall–Kier alpha value is -3.46. The molecule has 8 nitrogen and oxygen atoms in total. The van der Waals surface area contributed by atoms with Crippen LogP contribution < -0.4 is 9.46 Å². The molecule has 156 valence electrons. The third kappa shape index (κ3) is 6.02. The molecule has 1 N–H and O–H groups in total. The number of nitrogens with one attached hydrogen (secondary N) is 1. The minimum absolute atomic E-state index is 0.0168. The zero-order chi connectivity index (χ0) is 21.6. The number of hydrogen-bond acceptors (Lipinski definition) is 7. The van der Waals surface area contributed by atoms with E-state index in [-0.39, 0.29) is 18.1 Å². The number of allylic oxidation sites excluding steroid dienone is 1. The number of ketones is 1. The number of benzene rings is 2. The fraction of sp³-hybridized carbons (Fsp3) is 0.190. The molecule has 0 aliphatic carbocycles. The van der Waals surface area contributed by atoms with E-state index in [1.54, 1.807) is 56.3 Å². The second-order valence-electron chi connectivity index (χ2n) is 6.37. The van der Waals surface area contributed by atoms with Gasteiger partial charge in [-0.2, -0.15) is 4.98 Å². The molecule has 0 bridgehead atoms. The summed E-state index contributed by atoms with van der Waals surface area (Å²) in [6.45, 7) is 3.47. The Bertz CT molecular complexity index is 1130. The van der Waals surface area contributed by atoms with Crippen molar-refractivity contribution in [1.82, 2.24) is 10.1 Å². The highest BCUT2D eigenvalue weighted by atomic mass is 32.2. The summed E-state index contributed by atoms with van der Waals surface area (Å²) in [7, 11) is -3.35. The fourth-order valence-corrected chi connectivity index (χ4v) is 3.08. The maximum Gasteiger partial charge on any atom is 0.232 e. The van der Waals surface area contributed by atoms with Crippen molar-refractivity contribution in [3.63, 3.8) is 0 Å². The highest BCUT2D eigenvalue weighted by molar-refractivity contribution is 7.92. The predicted molar refractivity (Wildman–Crippen MR) is 113 cm³/mol. The monoisotopic (exact) mass is 427 g/mol. The van der Waals surface area contributed by atoms with Gasteiger partial charge in [0.15, 0.2) is 12.4 Å². The van der Waals surface area contributed by atoms with Gasteiger partial charge in [0.2, 0.25) is 21.7 Å². The van der Waals surface area contributed by atoms with E-state index in [1.807, 2.05) is 12.1 Å². The number of carbonyl (C=O) groups excluding carboxylic acids is 1. The summed E-state index contributed by atoms with van der Waals surface area (Å²) in [6.07, 6.45) is 3.16. The Morgan fingerprint density at radius 2 is 1.83 bits per heavy atom. The van der Waals surface area contributed by atoms with Crippen LogP contribution in [0.3, 0.4) is 0 Å². The second kappa shape index (κ2) is 9.36. The maximum atomic E-state index is 12.3. The first-order valence-electron chi connectivity index (χ1n) is 9.19. The van der Waals surface area contributed by atoms with Crippen LogP contribution in [0.2, 0.25) is 0 Å². The molecule has 0 unspecified atom stereocenters. The first kappa shape index (κ1) is 21.3. The highest BCUT2D eigenvalue weighted by Gasteiger charge is 2.08. The minimum Gasteiger partial charge on any atom is -0.485 e. The summed E-state index contributed by atoms with van der Waals surface area (Å²) >= 11 is 0. The van der Waals surface area contributed by atoms with Gasteiger partial charge in [-0.05, 0) is 55.0 Å². The summed E-state index contributed by atoms with van der Waals surface area (Å²) in [4.78, 5) is 16.4. The Kier molecular flexibility index (Phi) is 6.63. The van der Waals surface area contributed by atoms with Crippen molar-refractivity contribution in [3.05, 3.63) is 77.4 Å². The molecule has 3 rings (SSSR count). The first-order valence-corrected chi connectivity index (χ1v) is 10.8. The zero-order valence-electron chi connectivity index (χ0n) is 16.5. The normalized spacial score (nSPS) is 11.5. The van der Waals surface area contributed by atoms with Gasteiger partial charge in [0, 0.05) is 18.2 Å². The minimum atomic E-state index is -3.35. The van der Waals surface area contributed by atoms with Gasteiger partial charge in [-0.15, -0.1) is 0 Å². The molecule has 1 aromatic heterocycles. The van der Waals surface area contributed by atoms with E-state index in [4.69, 9.17) is 9.26 Å². The lowest BCUT2D eigenvalue weighted by atomic mass is 10.1. The number of carbonyl (C=O) groups is 1. The lowest BCUT2D eigenvalue weighted by Gasteiger charge is -2.06. The van der Waals surface area contributed by atoms with E-state index in [9.17, 15) is 13.2 Å². The van der Waals surface area contributed by atoms with E-state index in [0.29, 0.717) is 28.7 Å². The van der Waals surface area contributed by atoms with Crippen molar-refractivity contribution in [1.29, 1.82) is 0 Å². The molecule has 0 fully saturated rings. The largest absolute Gasteiger partial charge is 0.485 e. The van der Waals surface area contributed by atoms with Gasteiger partial charge in [-0.25, -0.2) is 8.42 Å². The number of nitrogens with zero attached hydrogens (tertiary/aromatic N) is 2. The SMILES string of the molecule is CCS(=O)(=O)Nc1ccc(C(=O)/C=C/c2ccc(OCc3noc(C)n3)cc2)cc1. The molecule has 9 heteroatoms. The van der Waals surface area contributed by atoms with Crippen LogP contribution in [-0.4, -0.2) is 30.1 Å². The van der Waals surface area contributed by atoms with E-state index < -0.39 is 10.0 Å². The van der Waals surface area contributed by atoms with E-state index in [2.05, 4.69) is 14.9 Å². The lowest BCUT2D eigenvalue weighted by Crippen LogP contribution is -2.14. The summed E-state index contributed by atoms with van der Waals surface area (Å²) in [5.74, 6) is 1.39. The number of aryl methyl sites for hydroxylation is 1. The quantitative estimate of drug-likeness (QED) is 0.410. The molecule has 0 amide bonds. The zero-order valence-corrected chi connectivity index (χ0v) is 17.3. The number of sulfonamides is 1. The van der Waals surface area contributed by atoms with Gasteiger partial charge < -0.3 is 9.26 Å². The van der Waals surface area contributed by atoms with E-state index in [0.717, 1.165) is 5.56 Å². The molecule has 0 atom stereocenters. The third-order valence-electron chi connectivity index (χ3n) is 4.07. The third-order valence-corrected chi connectivity index (χ3v) is 5.37. The standard InChI is InChI=1S/C21H21N3O5S/c1-3-30(26,27)24-18-9-7-17(8-10-18)20(25)13-6-16-4-11-19(12-5-16)28-14-21-22-15(2)29-23-21/h4-13,24H,3,14H2,1-2H3/b13-6+. The van der Waals surface area contributed by atoms with Gasteiger partial charge in [0.1, 0.15) is 5.75 Å². The molecule has 0 radical (unpaired) electrons. The number of ether oxygens (including phenoxy) is 1. The molecule has 2 aromatic carbocycles. The Balaban J connectivity index is 1.56. The van der Waals surface area contributed by atoms with Crippen LogP contribution in [-0.2, 0) is 16.6 Å². The van der Waals surface area contributed by atoms with Gasteiger partial charge in [-0.3, -0.25) is 9.52 Å². The summed E-state index contributed by atoms with van der Waals surface area (Å²) in [5.41, 5.74) is 1.71. The molecule has 0 aliphatic heterocycles. The Morgan fingerprint density at radius 1 is 1.13 bits per heavy atom. The van der Waals surface area contributed by atoms with Crippen LogP contribution in [0.4, 0.5) is 5.69 Å². The number of hydrogen-bond donors (Lipinski definition) is 1. The fourth-order valence-electron chi connectivity index (χ4n) is 2.45. The number of rotatable bonds is 9. The van der Waals surface area contributed by atoms with Crippen molar-refractivity contribution in [3.8, 4) is 5.75 Å². The Labute approximate surface area is 174 Å². The van der Waals surface area contributed by atoms with Crippen LogP contribution in [0.5, 0.6) is 5.75 Å². The molecule has 0 saturated carbocycles. The van der Waals surface area contributed by atoms with Crippen molar-refractivity contribution in [2.45, 2.75) is 20.5 Å². The molecule has 30 heavy (non-hydrogen) atoms. The second-order valence-corrected chi connectivity index (χ2v) is 8.38. The van der Waals surface area contributed by atoms with E-state index >= 15 is 0 Å². The maximum absolute atomic E-state index is 12.3. The first-order chi connectivity index (χ1) is 14.3. The lowest BCUT2D eigenvalue weighted by molar-refractivity contribution is 0.104. The van der Waals surface area contributed by atoms with Gasteiger partial charge in [-0.1, -0.05) is 23.4 Å². The highest BCUT2D eigenvalue weighted by Crippen LogP contribution is 2.16. The molecular formula is C21H21N3O5S. The molecular weight excluding hydrogens is 406 g/mol. The molecule has 0 saturated heterocycles. The average molecular weight is 427 g/mol. The topological polar surface area (TPSA) is 111 Å². The molecule has 1 heterocycles. The smallest absolute Gasteiger partial charge is 0.232 e. The van der Waals surface area contributed by atoms with Crippen molar-refractivity contribution >= 4 is 27.6 Å². The number of aromatic nitrogens is 2. The predicted octanol–water partition coefficient (Wildman–Crippen LogP) is 3.61. The summed E-state index contributed by atoms with van der Waals surface area (Å²) in [6, 6.07) is 13.5. The summed E-state index contributed by atoms with van der Waals surface area (Å²) in [5, 5.41) is 3.76. The van der Waals surface area contributed by atoms with Crippen molar-refractivity contribution < 1.29 is 22.5 Å². The van der Waals surface area contributed by atoms with E-state index in [1.165, 1.54) is 6.08 Å². The van der Waals surface area contributed by atoms with Gasteiger partial charge >= 0.3 is 0 Å². The van der Waals surface area contributed by atoms with Crippen molar-refractivity contribution in [2.75, 3.05) is 10.5 Å². The van der Waals surface area contributed by atoms with Crippen LogP contribution in [0.15, 0.2) is 59.1 Å². The van der Waals surface area contributed by atoms with Gasteiger partial charge in [0.05, 0.1) is 5.75 Å². The van der Waals surface area contributed by atoms with Crippen LogP contribution in [0.1, 0.15) is 34.6 Å². The van der Waals surface area contributed by atoms with Crippen LogP contribution >= 0.6 is 0 Å². The number of anilines is 1.